The summed E-state index contributed by atoms with van der Waals surface area (Å²) in [6, 6.07) is 15.1. The van der Waals surface area contributed by atoms with Crippen LogP contribution in [-0.4, -0.2) is 76.0 Å². The Morgan fingerprint density at radius 1 is 1.02 bits per heavy atom. The fraction of sp³-hybridized carbons (Fsp3) is 0.379. The van der Waals surface area contributed by atoms with Crippen LogP contribution in [0.4, 0.5) is 13.2 Å². The summed E-state index contributed by atoms with van der Waals surface area (Å²) in [7, 11) is 0.946. The maximum Gasteiger partial charge on any atom is 0.431 e. The van der Waals surface area contributed by atoms with Crippen molar-refractivity contribution in [3.63, 3.8) is 0 Å². The second-order valence-corrected chi connectivity index (χ2v) is 9.53. The number of hydrogen-bond donors (Lipinski definition) is 3. The number of aliphatic hydroxyl groups excluding tert-OH is 1. The molecule has 0 bridgehead atoms. The Bertz CT molecular complexity index is 1290. The fourth-order valence-electron chi connectivity index (χ4n) is 4.23. The molecule has 3 rings (SSSR count). The summed E-state index contributed by atoms with van der Waals surface area (Å²) in [6.07, 6.45) is -5.69. The lowest BCUT2D eigenvalue weighted by molar-refractivity contribution is -0.141. The van der Waals surface area contributed by atoms with Crippen LogP contribution < -0.4 is 15.4 Å². The van der Waals surface area contributed by atoms with Crippen LogP contribution in [0.1, 0.15) is 18.4 Å². The summed E-state index contributed by atoms with van der Waals surface area (Å²) < 4.78 is 62.8. The number of dihydropyridines is 1. The quantitative estimate of drug-likeness (QED) is 0.204. The van der Waals surface area contributed by atoms with Gasteiger partial charge in [0.1, 0.15) is 30.8 Å². The van der Waals surface area contributed by atoms with E-state index in [4.69, 9.17) is 25.8 Å². The molecule has 9 nitrogen and oxygen atoms in total. The second-order valence-electron chi connectivity index (χ2n) is 9.13. The maximum absolute atomic E-state index is 14.0. The normalized spacial score (nSPS) is 15.7. The van der Waals surface area contributed by atoms with Gasteiger partial charge in [0.05, 0.1) is 37.4 Å². The smallest absolute Gasteiger partial charge is 0.431 e. The van der Waals surface area contributed by atoms with E-state index < -0.39 is 41.4 Å². The number of aliphatic hydroxyl groups is 1. The highest BCUT2D eigenvalue weighted by Crippen LogP contribution is 2.45. The van der Waals surface area contributed by atoms with Gasteiger partial charge in [-0.05, 0) is 30.7 Å². The van der Waals surface area contributed by atoms with Crippen molar-refractivity contribution in [2.45, 2.75) is 25.1 Å². The predicted molar refractivity (Wildman–Crippen MR) is 155 cm³/mol. The highest BCUT2D eigenvalue weighted by Gasteiger charge is 2.47. The Kier molecular flexibility index (Phi) is 14.3. The van der Waals surface area contributed by atoms with E-state index in [1.165, 1.54) is 25.1 Å². The number of allylic oxidation sites excluding steroid dienone is 2. The lowest BCUT2D eigenvalue weighted by atomic mass is 9.80. The molecule has 2 unspecified atom stereocenters. The molecule has 0 saturated heterocycles. The molecule has 1 aliphatic heterocycles. The van der Waals surface area contributed by atoms with Crippen LogP contribution in [0.5, 0.6) is 5.75 Å². The summed E-state index contributed by atoms with van der Waals surface area (Å²) in [5.74, 6) is -3.07. The molecule has 0 radical (unpaired) electrons. The minimum atomic E-state index is -4.95. The van der Waals surface area contributed by atoms with Gasteiger partial charge >= 0.3 is 18.1 Å². The summed E-state index contributed by atoms with van der Waals surface area (Å²) in [4.78, 5) is 25.8. The molecule has 14 heteroatoms. The van der Waals surface area contributed by atoms with Crippen LogP contribution in [0, 0.1) is 0 Å². The van der Waals surface area contributed by atoms with Crippen molar-refractivity contribution in [2.24, 2.45) is 0 Å². The second kappa shape index (κ2) is 17.1. The number of nitrogens with one attached hydrogen (secondary N) is 2. The number of rotatable bonds is 14. The lowest BCUT2D eigenvalue weighted by Gasteiger charge is -2.32. The molecule has 236 valence electrons. The molecule has 0 aliphatic carbocycles. The van der Waals surface area contributed by atoms with Gasteiger partial charge in [0, 0.05) is 23.8 Å². The highest BCUT2D eigenvalue weighted by molar-refractivity contribution is 6.31. The number of methoxy groups -OCH3 is 1. The van der Waals surface area contributed by atoms with Gasteiger partial charge in [-0.25, -0.2) is 9.59 Å². The van der Waals surface area contributed by atoms with Gasteiger partial charge in [-0.2, -0.15) is 13.2 Å². The van der Waals surface area contributed by atoms with Crippen LogP contribution in [0.15, 0.2) is 77.1 Å². The Morgan fingerprint density at radius 2 is 1.70 bits per heavy atom. The maximum atomic E-state index is 14.0. The topological polar surface area (TPSA) is 115 Å². The summed E-state index contributed by atoms with van der Waals surface area (Å²) in [5, 5.41) is 15.2. The van der Waals surface area contributed by atoms with E-state index in [1.54, 1.807) is 18.2 Å². The Balaban J connectivity index is 0.00000645. The molecule has 0 spiro atoms. The molecule has 0 amide bonds. The van der Waals surface area contributed by atoms with E-state index in [1.807, 2.05) is 18.2 Å². The first kappa shape index (κ1) is 35.9. The first-order valence-electron chi connectivity index (χ1n) is 13.0. The van der Waals surface area contributed by atoms with Gasteiger partial charge in [-0.15, -0.1) is 12.4 Å². The Labute approximate surface area is 258 Å². The monoisotopic (exact) mass is 648 g/mol. The van der Waals surface area contributed by atoms with E-state index in [0.29, 0.717) is 12.3 Å². The highest BCUT2D eigenvalue weighted by atomic mass is 35.5. The first-order valence-corrected chi connectivity index (χ1v) is 13.4. The molecule has 43 heavy (non-hydrogen) atoms. The number of para-hydroxylation sites is 1. The number of hydrogen-bond acceptors (Lipinski definition) is 9. The number of alkyl halides is 3. The van der Waals surface area contributed by atoms with E-state index in [2.05, 4.69) is 15.4 Å². The molecule has 2 aromatic carbocycles. The standard InChI is InChI=1S/C29H32ClF3N2O7.ClH/c1-18-23(24(21-10-6-7-11-22(21)30)25(27(37)39-2)26(35-18)29(31,32)33)28(38)41-15-14-40-13-12-34-16-19(36)17-42-20-8-4-3-5-9-20;/h3-11,19,24,34-36H,12-17H2,1-2H3;1H. The van der Waals surface area contributed by atoms with E-state index in [9.17, 15) is 27.9 Å². The summed E-state index contributed by atoms with van der Waals surface area (Å²) in [6.45, 7) is 2.09. The molecular weight excluding hydrogens is 616 g/mol. The number of esters is 2. The van der Waals surface area contributed by atoms with Crippen molar-refractivity contribution in [3.05, 3.63) is 87.7 Å². The van der Waals surface area contributed by atoms with Crippen molar-refractivity contribution in [3.8, 4) is 5.75 Å². The average molecular weight is 649 g/mol. The van der Waals surface area contributed by atoms with Gasteiger partial charge < -0.3 is 34.7 Å². The average Bonchev–Trinajstić information content (AvgIpc) is 2.96. The summed E-state index contributed by atoms with van der Waals surface area (Å²) >= 11 is 6.30. The fourth-order valence-corrected chi connectivity index (χ4v) is 4.47. The van der Waals surface area contributed by atoms with E-state index >= 15 is 0 Å². The van der Waals surface area contributed by atoms with E-state index in [0.717, 1.165) is 7.11 Å². The molecule has 1 heterocycles. The van der Waals surface area contributed by atoms with Crippen LogP contribution in [0.25, 0.3) is 0 Å². The number of carbonyl (C=O) groups excluding carboxylic acids is 2. The minimum absolute atomic E-state index is 0. The van der Waals surface area contributed by atoms with Crippen LogP contribution in [-0.2, 0) is 23.8 Å². The number of carbonyl (C=O) groups is 2. The van der Waals surface area contributed by atoms with Crippen molar-refractivity contribution in [2.75, 3.05) is 46.6 Å². The summed E-state index contributed by atoms with van der Waals surface area (Å²) in [5.41, 5.74) is -2.42. The van der Waals surface area contributed by atoms with E-state index in [-0.39, 0.29) is 67.2 Å². The van der Waals surface area contributed by atoms with Gasteiger partial charge in [0.2, 0.25) is 0 Å². The zero-order chi connectivity index (χ0) is 30.7. The number of benzene rings is 2. The van der Waals surface area contributed by atoms with Crippen molar-refractivity contribution in [1.29, 1.82) is 0 Å². The first-order chi connectivity index (χ1) is 20.0. The van der Waals surface area contributed by atoms with Crippen molar-refractivity contribution >= 4 is 35.9 Å². The SMILES string of the molecule is COC(=O)C1=C(C(F)(F)F)NC(C)=C(C(=O)OCCOCCNCC(O)COc2ccccc2)C1c1ccccc1Cl.Cl. The molecular formula is C29H33Cl2F3N2O7. The third-order valence-corrected chi connectivity index (χ3v) is 6.48. The third-order valence-electron chi connectivity index (χ3n) is 6.14. The van der Waals surface area contributed by atoms with Gasteiger partial charge in [-0.1, -0.05) is 48.0 Å². The molecule has 3 N–H and O–H groups in total. The molecule has 1 aliphatic rings. The molecule has 2 aromatic rings. The Morgan fingerprint density at radius 3 is 2.35 bits per heavy atom. The van der Waals surface area contributed by atoms with Crippen LogP contribution in [0.3, 0.4) is 0 Å². The van der Waals surface area contributed by atoms with Crippen molar-refractivity contribution in [1.82, 2.24) is 10.6 Å². The Hall–Kier alpha value is -3.29. The third kappa shape index (κ3) is 10.1. The largest absolute Gasteiger partial charge is 0.491 e. The zero-order valence-corrected chi connectivity index (χ0v) is 25.0. The molecule has 0 saturated carbocycles. The van der Waals surface area contributed by atoms with Gasteiger partial charge in [0.15, 0.2) is 0 Å². The predicted octanol–water partition coefficient (Wildman–Crippen LogP) is 4.30. The zero-order valence-electron chi connectivity index (χ0n) is 23.4. The number of halogens is 5. The molecule has 0 fully saturated rings. The molecule has 0 aromatic heterocycles. The van der Waals surface area contributed by atoms with Crippen LogP contribution in [0.2, 0.25) is 5.02 Å². The number of ether oxygens (including phenoxy) is 4. The minimum Gasteiger partial charge on any atom is -0.491 e. The van der Waals surface area contributed by atoms with Crippen LogP contribution >= 0.6 is 24.0 Å². The molecule has 2 atom stereocenters. The lowest BCUT2D eigenvalue weighted by Crippen LogP contribution is -2.38. The van der Waals surface area contributed by atoms with Crippen molar-refractivity contribution < 1.29 is 46.8 Å². The van der Waals surface area contributed by atoms with Gasteiger partial charge in [-0.3, -0.25) is 0 Å². The van der Waals surface area contributed by atoms with Gasteiger partial charge in [0.25, 0.3) is 0 Å².